The molecule has 0 spiro atoms. The van der Waals surface area contributed by atoms with Crippen LogP contribution in [-0.2, 0) is 9.59 Å². The summed E-state index contributed by atoms with van der Waals surface area (Å²) < 4.78 is 0. The highest BCUT2D eigenvalue weighted by atomic mass is 16.3. The molecule has 0 radical (unpaired) electrons. The molecule has 1 aliphatic rings. The number of hydrogen-bond acceptors (Lipinski definition) is 4. The first-order chi connectivity index (χ1) is 9.44. The van der Waals surface area contributed by atoms with Gasteiger partial charge >= 0.3 is 6.03 Å². The average Bonchev–Trinajstić information content (AvgIpc) is 2.63. The van der Waals surface area contributed by atoms with E-state index in [2.05, 4.69) is 10.6 Å². The van der Waals surface area contributed by atoms with Crippen LogP contribution in [0.1, 0.15) is 39.5 Å². The molecule has 1 atom stereocenters. The summed E-state index contributed by atoms with van der Waals surface area (Å²) in [5.41, 5.74) is -0.904. The predicted octanol–water partition coefficient (Wildman–Crippen LogP) is -0.0143. The van der Waals surface area contributed by atoms with Gasteiger partial charge in [-0.1, -0.05) is 6.92 Å². The molecule has 1 saturated heterocycles. The molecule has 7 nitrogen and oxygen atoms in total. The van der Waals surface area contributed by atoms with Gasteiger partial charge in [0.05, 0.1) is 0 Å². The van der Waals surface area contributed by atoms with E-state index < -0.39 is 11.6 Å². The number of imide groups is 1. The van der Waals surface area contributed by atoms with Gasteiger partial charge in [0.15, 0.2) is 0 Å². The molecule has 1 aliphatic heterocycles. The minimum atomic E-state index is -0.904. The number of unbranched alkanes of at least 4 members (excludes halogenated alkanes) is 2. The van der Waals surface area contributed by atoms with E-state index in [1.54, 1.807) is 6.92 Å². The zero-order valence-corrected chi connectivity index (χ0v) is 12.1. The minimum absolute atomic E-state index is 0.145. The van der Waals surface area contributed by atoms with Crippen LogP contribution in [0.5, 0.6) is 0 Å². The molecule has 1 rings (SSSR count). The highest BCUT2D eigenvalue weighted by Crippen LogP contribution is 2.20. The lowest BCUT2D eigenvalue weighted by molar-refractivity contribution is -0.134. The number of amides is 4. The zero-order valence-electron chi connectivity index (χ0n) is 12.1. The Morgan fingerprint density at radius 1 is 1.35 bits per heavy atom. The number of carbonyl (C=O) groups is 3. The van der Waals surface area contributed by atoms with Gasteiger partial charge in [-0.2, -0.15) is 0 Å². The van der Waals surface area contributed by atoms with Gasteiger partial charge in [-0.15, -0.1) is 0 Å². The third-order valence-corrected chi connectivity index (χ3v) is 3.51. The molecule has 0 aromatic carbocycles. The number of nitrogens with one attached hydrogen (secondary N) is 2. The molecule has 0 aliphatic carbocycles. The first kappa shape index (κ1) is 16.4. The summed E-state index contributed by atoms with van der Waals surface area (Å²) >= 11 is 0. The number of aliphatic hydroxyl groups is 1. The summed E-state index contributed by atoms with van der Waals surface area (Å²) in [6.07, 6.45) is 2.78. The highest BCUT2D eigenvalue weighted by Gasteiger charge is 2.46. The Bertz CT molecular complexity index is 386. The lowest BCUT2D eigenvalue weighted by Gasteiger charge is -2.19. The highest BCUT2D eigenvalue weighted by molar-refractivity contribution is 6.08. The minimum Gasteiger partial charge on any atom is -0.396 e. The van der Waals surface area contributed by atoms with E-state index in [0.29, 0.717) is 19.4 Å². The summed E-state index contributed by atoms with van der Waals surface area (Å²) in [7, 11) is 0. The third kappa shape index (κ3) is 3.93. The molecule has 0 aromatic heterocycles. The van der Waals surface area contributed by atoms with Crippen LogP contribution >= 0.6 is 0 Å². The Kier molecular flexibility index (Phi) is 5.94. The van der Waals surface area contributed by atoms with E-state index in [9.17, 15) is 14.4 Å². The fraction of sp³-hybridized carbons (Fsp3) is 0.769. The van der Waals surface area contributed by atoms with E-state index in [4.69, 9.17) is 5.11 Å². The van der Waals surface area contributed by atoms with Crippen LogP contribution in [0.3, 0.4) is 0 Å². The number of hydrogen-bond donors (Lipinski definition) is 3. The molecule has 7 heteroatoms. The van der Waals surface area contributed by atoms with Gasteiger partial charge in [0.1, 0.15) is 12.1 Å². The number of urea groups is 1. The van der Waals surface area contributed by atoms with Crippen molar-refractivity contribution < 1.29 is 19.5 Å². The van der Waals surface area contributed by atoms with Crippen LogP contribution < -0.4 is 10.6 Å². The fourth-order valence-electron chi connectivity index (χ4n) is 1.97. The quantitative estimate of drug-likeness (QED) is 0.431. The number of nitrogens with zero attached hydrogens (tertiary/aromatic N) is 1. The smallest absolute Gasteiger partial charge is 0.325 e. The van der Waals surface area contributed by atoms with E-state index >= 15 is 0 Å². The summed E-state index contributed by atoms with van der Waals surface area (Å²) in [6.45, 7) is 3.84. The van der Waals surface area contributed by atoms with Gasteiger partial charge in [-0.3, -0.25) is 14.5 Å². The predicted molar refractivity (Wildman–Crippen MR) is 72.9 cm³/mol. The lowest BCUT2D eigenvalue weighted by Crippen LogP contribution is -2.44. The van der Waals surface area contributed by atoms with Gasteiger partial charge in [-0.05, 0) is 32.6 Å². The van der Waals surface area contributed by atoms with Gasteiger partial charge in [0.25, 0.3) is 5.91 Å². The molecule has 4 amide bonds. The maximum atomic E-state index is 12.1. The van der Waals surface area contributed by atoms with Crippen molar-refractivity contribution in [3.8, 4) is 0 Å². The van der Waals surface area contributed by atoms with Crippen LogP contribution in [0.15, 0.2) is 0 Å². The lowest BCUT2D eigenvalue weighted by atomic mass is 9.99. The molecule has 1 unspecified atom stereocenters. The monoisotopic (exact) mass is 285 g/mol. The molecule has 0 bridgehead atoms. The van der Waals surface area contributed by atoms with Crippen molar-refractivity contribution in [2.45, 2.75) is 45.1 Å². The summed E-state index contributed by atoms with van der Waals surface area (Å²) in [5, 5.41) is 13.9. The number of carbonyl (C=O) groups excluding carboxylic acids is 3. The van der Waals surface area contributed by atoms with Crippen LogP contribution in [0.4, 0.5) is 4.79 Å². The second kappa shape index (κ2) is 7.23. The number of aliphatic hydroxyl groups excluding tert-OH is 1. The molecular formula is C13H23N3O4. The molecule has 3 N–H and O–H groups in total. The molecule has 0 saturated carbocycles. The maximum Gasteiger partial charge on any atom is 0.325 e. The second-order valence-electron chi connectivity index (χ2n) is 5.14. The van der Waals surface area contributed by atoms with Crippen molar-refractivity contribution in [2.24, 2.45) is 0 Å². The van der Waals surface area contributed by atoms with E-state index in [1.807, 2.05) is 6.92 Å². The van der Waals surface area contributed by atoms with Crippen molar-refractivity contribution in [1.29, 1.82) is 0 Å². The van der Waals surface area contributed by atoms with Crippen LogP contribution in [0, 0.1) is 0 Å². The first-order valence-corrected chi connectivity index (χ1v) is 6.96. The number of rotatable bonds is 8. The Morgan fingerprint density at radius 3 is 2.60 bits per heavy atom. The summed E-state index contributed by atoms with van der Waals surface area (Å²) in [4.78, 5) is 36.4. The normalized spacial score (nSPS) is 22.1. The Balaban J connectivity index is 2.39. The van der Waals surface area contributed by atoms with Gasteiger partial charge < -0.3 is 15.7 Å². The third-order valence-electron chi connectivity index (χ3n) is 3.51. The molecular weight excluding hydrogens is 262 g/mol. The molecule has 0 aromatic rings. The van der Waals surface area contributed by atoms with Gasteiger partial charge in [0, 0.05) is 13.2 Å². The molecule has 1 heterocycles. The average molecular weight is 285 g/mol. The van der Waals surface area contributed by atoms with E-state index in [0.717, 1.165) is 17.7 Å². The standard InChI is InChI=1S/C13H23N3O4/c1-3-13(2)11(19)16(12(20)15-13)9-10(18)14-7-5-4-6-8-17/h17H,3-9H2,1-2H3,(H,14,18)(H,15,20). The van der Waals surface area contributed by atoms with Crippen molar-refractivity contribution in [2.75, 3.05) is 19.7 Å². The van der Waals surface area contributed by atoms with Gasteiger partial charge in [-0.25, -0.2) is 4.79 Å². The molecule has 20 heavy (non-hydrogen) atoms. The SMILES string of the molecule is CCC1(C)NC(=O)N(CC(=O)NCCCCCO)C1=O. The fourth-order valence-corrected chi connectivity index (χ4v) is 1.97. The van der Waals surface area contributed by atoms with Crippen molar-refractivity contribution in [3.05, 3.63) is 0 Å². The van der Waals surface area contributed by atoms with Crippen LogP contribution in [0.25, 0.3) is 0 Å². The topological polar surface area (TPSA) is 98.7 Å². The van der Waals surface area contributed by atoms with E-state index in [-0.39, 0.29) is 25.0 Å². The Morgan fingerprint density at radius 2 is 2.05 bits per heavy atom. The Hall–Kier alpha value is -1.63. The zero-order chi connectivity index (χ0) is 15.2. The van der Waals surface area contributed by atoms with Crippen LogP contribution in [-0.4, -0.2) is 53.1 Å². The van der Waals surface area contributed by atoms with E-state index in [1.165, 1.54) is 0 Å². The van der Waals surface area contributed by atoms with Crippen molar-refractivity contribution in [1.82, 2.24) is 15.5 Å². The molecule has 114 valence electrons. The summed E-state index contributed by atoms with van der Waals surface area (Å²) in [5.74, 6) is -0.710. The second-order valence-corrected chi connectivity index (χ2v) is 5.14. The maximum absolute atomic E-state index is 12.1. The molecule has 1 fully saturated rings. The largest absolute Gasteiger partial charge is 0.396 e. The first-order valence-electron chi connectivity index (χ1n) is 6.96. The summed E-state index contributed by atoms with van der Waals surface area (Å²) in [6, 6.07) is -0.519. The Labute approximate surface area is 118 Å². The van der Waals surface area contributed by atoms with Crippen LogP contribution in [0.2, 0.25) is 0 Å². The van der Waals surface area contributed by atoms with Crippen molar-refractivity contribution >= 4 is 17.8 Å². The van der Waals surface area contributed by atoms with Crippen molar-refractivity contribution in [3.63, 3.8) is 0 Å². The van der Waals surface area contributed by atoms with Gasteiger partial charge in [0.2, 0.25) is 5.91 Å².